The molecular formula is C25H25BrN2O2. The highest BCUT2D eigenvalue weighted by molar-refractivity contribution is 9.10. The molecule has 5 heteroatoms. The van der Waals surface area contributed by atoms with Gasteiger partial charge in [-0.2, -0.15) is 0 Å². The zero-order valence-electron chi connectivity index (χ0n) is 17.1. The summed E-state index contributed by atoms with van der Waals surface area (Å²) in [4.78, 5) is 5.05. The van der Waals surface area contributed by atoms with Gasteiger partial charge in [0.1, 0.15) is 6.17 Å². The number of benzene rings is 3. The number of phenolic OH excluding ortho intramolecular Hbond substituents is 1. The largest absolute Gasteiger partial charge is 0.504 e. The van der Waals surface area contributed by atoms with Crippen LogP contribution in [0.3, 0.4) is 0 Å². The smallest absolute Gasteiger partial charge is 0.162 e. The lowest BCUT2D eigenvalue weighted by molar-refractivity contribution is 0.313. The molecule has 0 aromatic heterocycles. The van der Waals surface area contributed by atoms with E-state index < -0.39 is 0 Å². The first kappa shape index (κ1) is 20.6. The third kappa shape index (κ3) is 4.27. The van der Waals surface area contributed by atoms with E-state index in [9.17, 15) is 5.11 Å². The molecule has 1 aliphatic heterocycles. The van der Waals surface area contributed by atoms with E-state index in [1.807, 2.05) is 43.3 Å². The van der Waals surface area contributed by atoms with Gasteiger partial charge < -0.3 is 9.84 Å². The van der Waals surface area contributed by atoms with Crippen molar-refractivity contribution in [2.24, 2.45) is 4.99 Å². The quantitative estimate of drug-likeness (QED) is 0.480. The summed E-state index contributed by atoms with van der Waals surface area (Å²) >= 11 is 3.51. The number of para-hydroxylation sites is 1. The number of halogens is 1. The number of phenols is 1. The molecule has 2 N–H and O–H groups in total. The van der Waals surface area contributed by atoms with E-state index >= 15 is 0 Å². The maximum atomic E-state index is 10.9. The van der Waals surface area contributed by atoms with Crippen molar-refractivity contribution >= 4 is 21.6 Å². The fourth-order valence-electron chi connectivity index (χ4n) is 3.87. The Morgan fingerprint density at radius 3 is 2.50 bits per heavy atom. The van der Waals surface area contributed by atoms with Crippen LogP contribution in [-0.2, 0) is 0 Å². The Morgan fingerprint density at radius 2 is 1.77 bits per heavy atom. The zero-order chi connectivity index (χ0) is 21.1. The molecule has 154 valence electrons. The topological polar surface area (TPSA) is 53.8 Å². The molecule has 0 bridgehead atoms. The molecule has 4 nitrogen and oxygen atoms in total. The number of nitrogens with zero attached hydrogens (tertiary/aromatic N) is 1. The van der Waals surface area contributed by atoms with Crippen LogP contribution in [0.15, 0.2) is 76.2 Å². The highest BCUT2D eigenvalue weighted by Gasteiger charge is 2.29. The van der Waals surface area contributed by atoms with Gasteiger partial charge in [-0.1, -0.05) is 64.5 Å². The minimum absolute atomic E-state index is 0.0915. The summed E-state index contributed by atoms with van der Waals surface area (Å²) in [5.41, 5.74) is 5.24. The number of nitrogens with one attached hydrogen (secondary N) is 1. The minimum atomic E-state index is -0.196. The highest BCUT2D eigenvalue weighted by atomic mass is 79.9. The van der Waals surface area contributed by atoms with Gasteiger partial charge in [-0.25, -0.2) is 0 Å². The van der Waals surface area contributed by atoms with E-state index in [0.29, 0.717) is 18.8 Å². The van der Waals surface area contributed by atoms with Crippen LogP contribution in [-0.4, -0.2) is 17.4 Å². The molecule has 30 heavy (non-hydrogen) atoms. The van der Waals surface area contributed by atoms with Gasteiger partial charge in [-0.3, -0.25) is 10.3 Å². The maximum Gasteiger partial charge on any atom is 0.162 e. The summed E-state index contributed by atoms with van der Waals surface area (Å²) in [6.07, 6.45) is 0.478. The second-order valence-corrected chi connectivity index (χ2v) is 8.31. The number of aryl methyl sites for hydroxylation is 1. The second kappa shape index (κ2) is 9.02. The molecule has 1 heterocycles. The van der Waals surface area contributed by atoms with E-state index in [1.54, 1.807) is 6.07 Å². The number of hydrogen-bond acceptors (Lipinski definition) is 4. The molecule has 1 aliphatic rings. The molecule has 0 amide bonds. The third-order valence-electron chi connectivity index (χ3n) is 5.41. The van der Waals surface area contributed by atoms with Crippen LogP contribution >= 0.6 is 15.9 Å². The third-order valence-corrected chi connectivity index (χ3v) is 5.94. The molecule has 3 aromatic carbocycles. The summed E-state index contributed by atoms with van der Waals surface area (Å²) in [7, 11) is 0. The second-order valence-electron chi connectivity index (χ2n) is 7.39. The first-order valence-electron chi connectivity index (χ1n) is 10.2. The van der Waals surface area contributed by atoms with Gasteiger partial charge in [0, 0.05) is 28.2 Å². The summed E-state index contributed by atoms with van der Waals surface area (Å²) in [6, 6.07) is 22.1. The number of aliphatic imine (C=N–C) groups is 1. The molecule has 0 spiro atoms. The lowest BCUT2D eigenvalue weighted by atomic mass is 9.92. The van der Waals surface area contributed by atoms with Gasteiger partial charge in [-0.15, -0.1) is 0 Å². The van der Waals surface area contributed by atoms with Crippen molar-refractivity contribution in [1.29, 1.82) is 0 Å². The molecule has 0 saturated heterocycles. The lowest BCUT2D eigenvalue weighted by Crippen LogP contribution is -2.33. The van der Waals surface area contributed by atoms with Crippen LogP contribution in [0.4, 0.5) is 0 Å². The van der Waals surface area contributed by atoms with Crippen molar-refractivity contribution in [3.8, 4) is 11.5 Å². The lowest BCUT2D eigenvalue weighted by Gasteiger charge is -2.31. The molecule has 0 fully saturated rings. The zero-order valence-corrected chi connectivity index (χ0v) is 18.7. The van der Waals surface area contributed by atoms with Gasteiger partial charge in [0.15, 0.2) is 11.5 Å². The van der Waals surface area contributed by atoms with Crippen LogP contribution in [0.5, 0.6) is 11.5 Å². The van der Waals surface area contributed by atoms with E-state index in [0.717, 1.165) is 26.9 Å². The van der Waals surface area contributed by atoms with E-state index in [2.05, 4.69) is 52.4 Å². The average Bonchev–Trinajstić information content (AvgIpc) is 2.76. The molecule has 4 rings (SSSR count). The Kier molecular flexibility index (Phi) is 6.21. The number of rotatable bonds is 5. The van der Waals surface area contributed by atoms with E-state index in [-0.39, 0.29) is 18.0 Å². The van der Waals surface area contributed by atoms with Gasteiger partial charge in [0.05, 0.1) is 6.61 Å². The van der Waals surface area contributed by atoms with Crippen molar-refractivity contribution in [2.45, 2.75) is 32.5 Å². The molecule has 0 saturated carbocycles. The molecular weight excluding hydrogens is 440 g/mol. The van der Waals surface area contributed by atoms with Crippen LogP contribution in [0.1, 0.15) is 47.8 Å². The van der Waals surface area contributed by atoms with Crippen LogP contribution in [0.2, 0.25) is 0 Å². The Labute approximate surface area is 185 Å². The van der Waals surface area contributed by atoms with Gasteiger partial charge in [0.2, 0.25) is 0 Å². The van der Waals surface area contributed by atoms with Gasteiger partial charge in [-0.05, 0) is 48.7 Å². The van der Waals surface area contributed by atoms with Crippen LogP contribution in [0, 0.1) is 6.92 Å². The summed E-state index contributed by atoms with van der Waals surface area (Å²) in [6.45, 7) is 4.52. The molecule has 3 aromatic rings. The number of hydrogen-bond donors (Lipinski definition) is 2. The minimum Gasteiger partial charge on any atom is -0.504 e. The fourth-order valence-corrected chi connectivity index (χ4v) is 4.13. The van der Waals surface area contributed by atoms with Crippen molar-refractivity contribution in [3.63, 3.8) is 0 Å². The Bertz CT molecular complexity index is 1060. The fraction of sp³-hybridized carbons (Fsp3) is 0.240. The standard InChI is InChI=1S/C25H25BrN2O2/c1-3-30-23-10-6-9-20(24(23)29)22-15-21(17-11-13-18(26)14-12-17)27-25(28-22)19-8-5-4-7-16(19)2/h4-14,22,25,28-29H,3,15H2,1-2H3. The van der Waals surface area contributed by atoms with E-state index in [4.69, 9.17) is 9.73 Å². The first-order chi connectivity index (χ1) is 14.6. The summed E-state index contributed by atoms with van der Waals surface area (Å²) in [5, 5.41) is 14.5. The number of aromatic hydroxyl groups is 1. The van der Waals surface area contributed by atoms with Crippen molar-refractivity contribution in [3.05, 3.63) is 93.5 Å². The highest BCUT2D eigenvalue weighted by Crippen LogP contribution is 2.39. The maximum absolute atomic E-state index is 10.9. The summed E-state index contributed by atoms with van der Waals surface area (Å²) < 4.78 is 6.65. The average molecular weight is 465 g/mol. The molecule has 0 radical (unpaired) electrons. The Balaban J connectivity index is 1.77. The predicted molar refractivity (Wildman–Crippen MR) is 124 cm³/mol. The Hall–Kier alpha value is -2.63. The van der Waals surface area contributed by atoms with Gasteiger partial charge in [0.25, 0.3) is 0 Å². The SMILES string of the molecule is CCOc1cccc(C2CC(c3ccc(Br)cc3)=NC(c3ccccc3C)N2)c1O. The van der Waals surface area contributed by atoms with Crippen molar-refractivity contribution < 1.29 is 9.84 Å². The van der Waals surface area contributed by atoms with Crippen molar-refractivity contribution in [2.75, 3.05) is 6.61 Å². The summed E-state index contributed by atoms with van der Waals surface area (Å²) in [5.74, 6) is 0.703. The normalized spacial score (nSPS) is 18.7. The predicted octanol–water partition coefficient (Wildman–Crippen LogP) is 6.08. The molecule has 0 aliphatic carbocycles. The molecule has 2 unspecified atom stereocenters. The van der Waals surface area contributed by atoms with E-state index in [1.165, 1.54) is 5.56 Å². The van der Waals surface area contributed by atoms with Gasteiger partial charge >= 0.3 is 0 Å². The van der Waals surface area contributed by atoms with Crippen molar-refractivity contribution in [1.82, 2.24) is 5.32 Å². The van der Waals surface area contributed by atoms with Crippen LogP contribution in [0.25, 0.3) is 0 Å². The Morgan fingerprint density at radius 1 is 1.03 bits per heavy atom. The first-order valence-corrected chi connectivity index (χ1v) is 10.9. The van der Waals surface area contributed by atoms with Crippen LogP contribution < -0.4 is 10.1 Å². The number of ether oxygens (including phenoxy) is 1. The monoisotopic (exact) mass is 464 g/mol. The molecule has 2 atom stereocenters.